The number of carbonyl (C=O) groups excluding carboxylic acids is 1. The molecule has 3 rings (SSSR count). The molecule has 2 N–H and O–H groups in total. The first-order valence-electron chi connectivity index (χ1n) is 7.46. The zero-order valence-corrected chi connectivity index (χ0v) is 13.2. The summed E-state index contributed by atoms with van der Waals surface area (Å²) in [4.78, 5) is 25.2. The predicted molar refractivity (Wildman–Crippen MR) is 83.0 cm³/mol. The molecular weight excluding hydrogens is 304 g/mol. The van der Waals surface area contributed by atoms with Gasteiger partial charge >= 0.3 is 12.0 Å². The second kappa shape index (κ2) is 5.47. The minimum Gasteiger partial charge on any atom is -0.481 e. The van der Waals surface area contributed by atoms with Crippen molar-refractivity contribution in [3.8, 4) is 0 Å². The summed E-state index contributed by atoms with van der Waals surface area (Å²) in [7, 11) is 0. The van der Waals surface area contributed by atoms with E-state index >= 15 is 0 Å². The Morgan fingerprint density at radius 1 is 1.45 bits per heavy atom. The summed E-state index contributed by atoms with van der Waals surface area (Å²) in [5.41, 5.74) is 1.45. The quantitative estimate of drug-likeness (QED) is 0.879. The van der Waals surface area contributed by atoms with E-state index in [1.807, 2.05) is 18.2 Å². The molecule has 22 heavy (non-hydrogen) atoms. The lowest BCUT2D eigenvalue weighted by Gasteiger charge is -2.23. The highest BCUT2D eigenvalue weighted by Crippen LogP contribution is 2.34. The van der Waals surface area contributed by atoms with Crippen LogP contribution in [0.2, 0.25) is 5.02 Å². The van der Waals surface area contributed by atoms with Crippen LogP contribution >= 0.6 is 11.6 Å². The number of nitrogens with one attached hydrogen (secondary N) is 1. The van der Waals surface area contributed by atoms with Crippen LogP contribution in [0.3, 0.4) is 0 Å². The maximum absolute atomic E-state index is 12.4. The molecule has 5 nitrogen and oxygen atoms in total. The minimum absolute atomic E-state index is 0.0172. The molecule has 0 spiro atoms. The third kappa shape index (κ3) is 2.65. The summed E-state index contributed by atoms with van der Waals surface area (Å²) >= 11 is 5.99. The first-order chi connectivity index (χ1) is 10.4. The van der Waals surface area contributed by atoms with Gasteiger partial charge in [-0.3, -0.25) is 4.79 Å². The molecule has 1 aliphatic heterocycles. The van der Waals surface area contributed by atoms with E-state index in [1.165, 1.54) is 5.56 Å². The number of rotatable bonds is 2. The molecule has 2 unspecified atom stereocenters. The van der Waals surface area contributed by atoms with E-state index < -0.39 is 11.4 Å². The zero-order chi connectivity index (χ0) is 15.9. The number of aryl methyl sites for hydroxylation is 1. The van der Waals surface area contributed by atoms with Gasteiger partial charge < -0.3 is 15.3 Å². The van der Waals surface area contributed by atoms with Crippen molar-refractivity contribution in [1.82, 2.24) is 10.2 Å². The Balaban J connectivity index is 1.66. The lowest BCUT2D eigenvalue weighted by atomic mass is 9.90. The van der Waals surface area contributed by atoms with Crippen molar-refractivity contribution in [3.05, 3.63) is 34.3 Å². The van der Waals surface area contributed by atoms with Gasteiger partial charge in [0, 0.05) is 18.1 Å². The van der Waals surface area contributed by atoms with E-state index in [2.05, 4.69) is 5.32 Å². The molecule has 2 aliphatic rings. The first kappa shape index (κ1) is 15.2. The Kier molecular flexibility index (Phi) is 3.77. The predicted octanol–water partition coefficient (Wildman–Crippen LogP) is 2.83. The van der Waals surface area contributed by atoms with Gasteiger partial charge in [-0.2, -0.15) is 0 Å². The number of hydrogen-bond acceptors (Lipinski definition) is 2. The molecular formula is C16H19ClN2O3. The molecule has 0 aromatic heterocycles. The van der Waals surface area contributed by atoms with E-state index in [9.17, 15) is 14.7 Å². The Morgan fingerprint density at radius 3 is 2.91 bits per heavy atom. The molecule has 0 bridgehead atoms. The van der Waals surface area contributed by atoms with Crippen LogP contribution in [0.4, 0.5) is 4.79 Å². The number of nitrogens with zero attached hydrogens (tertiary/aromatic N) is 1. The van der Waals surface area contributed by atoms with Crippen molar-refractivity contribution in [2.75, 3.05) is 13.1 Å². The molecule has 6 heteroatoms. The third-order valence-corrected chi connectivity index (χ3v) is 4.99. The van der Waals surface area contributed by atoms with Crippen LogP contribution in [0.1, 0.15) is 36.9 Å². The summed E-state index contributed by atoms with van der Waals surface area (Å²) < 4.78 is 0. The van der Waals surface area contributed by atoms with E-state index in [-0.39, 0.29) is 18.6 Å². The number of amides is 2. The fraction of sp³-hybridized carbons (Fsp3) is 0.500. The van der Waals surface area contributed by atoms with Crippen LogP contribution < -0.4 is 5.32 Å². The van der Waals surface area contributed by atoms with Crippen molar-refractivity contribution in [2.45, 2.75) is 32.2 Å². The Labute approximate surface area is 134 Å². The van der Waals surface area contributed by atoms with Crippen LogP contribution in [0.25, 0.3) is 0 Å². The molecule has 2 atom stereocenters. The lowest BCUT2D eigenvalue weighted by molar-refractivity contribution is -0.146. The number of hydrogen-bond donors (Lipinski definition) is 2. The molecule has 0 radical (unpaired) electrons. The van der Waals surface area contributed by atoms with Crippen LogP contribution in [0, 0.1) is 5.41 Å². The normalized spacial score (nSPS) is 26.8. The van der Waals surface area contributed by atoms with E-state index in [0.717, 1.165) is 18.4 Å². The smallest absolute Gasteiger partial charge is 0.317 e. The number of benzene rings is 1. The fourth-order valence-electron chi connectivity index (χ4n) is 3.29. The highest BCUT2D eigenvalue weighted by Gasteiger charge is 2.42. The second-order valence-electron chi connectivity index (χ2n) is 6.42. The molecule has 1 aliphatic carbocycles. The van der Waals surface area contributed by atoms with E-state index in [4.69, 9.17) is 11.6 Å². The van der Waals surface area contributed by atoms with Gasteiger partial charge in [0.25, 0.3) is 0 Å². The number of carbonyl (C=O) groups is 2. The van der Waals surface area contributed by atoms with Crippen molar-refractivity contribution in [1.29, 1.82) is 0 Å². The Bertz CT molecular complexity index is 634. The van der Waals surface area contributed by atoms with Crippen LogP contribution in [0.15, 0.2) is 18.2 Å². The van der Waals surface area contributed by atoms with Gasteiger partial charge in [0.15, 0.2) is 0 Å². The van der Waals surface area contributed by atoms with Gasteiger partial charge in [-0.15, -0.1) is 0 Å². The average Bonchev–Trinajstić information content (AvgIpc) is 3.04. The zero-order valence-electron chi connectivity index (χ0n) is 12.4. The maximum atomic E-state index is 12.4. The molecule has 2 amide bonds. The van der Waals surface area contributed by atoms with Crippen LogP contribution in [0.5, 0.6) is 0 Å². The van der Waals surface area contributed by atoms with Gasteiger partial charge in [0.05, 0.1) is 11.5 Å². The van der Waals surface area contributed by atoms with Crippen molar-refractivity contribution >= 4 is 23.6 Å². The Hall–Kier alpha value is -1.75. The minimum atomic E-state index is -0.844. The number of likely N-dealkylation sites (tertiary alicyclic amines) is 1. The first-order valence-corrected chi connectivity index (χ1v) is 7.84. The molecule has 0 saturated carbocycles. The molecule has 1 aromatic rings. The SMILES string of the molecule is CC1(C(=O)O)CCN(C(=O)NC2CCc3cc(Cl)ccc32)C1. The monoisotopic (exact) mass is 322 g/mol. The maximum Gasteiger partial charge on any atom is 0.317 e. The molecule has 118 valence electrons. The highest BCUT2D eigenvalue weighted by molar-refractivity contribution is 6.30. The Morgan fingerprint density at radius 2 is 2.23 bits per heavy atom. The number of aliphatic carboxylic acids is 1. The van der Waals surface area contributed by atoms with Crippen molar-refractivity contribution in [2.24, 2.45) is 5.41 Å². The third-order valence-electron chi connectivity index (χ3n) is 4.76. The summed E-state index contributed by atoms with van der Waals surface area (Å²) in [5, 5.41) is 13.0. The van der Waals surface area contributed by atoms with Crippen LogP contribution in [-0.4, -0.2) is 35.1 Å². The fourth-order valence-corrected chi connectivity index (χ4v) is 3.48. The number of urea groups is 1. The van der Waals surface area contributed by atoms with Gasteiger partial charge in [-0.25, -0.2) is 4.79 Å². The lowest BCUT2D eigenvalue weighted by Crippen LogP contribution is -2.42. The standard InChI is InChI=1S/C16H19ClN2O3/c1-16(14(20)21)6-7-19(9-16)15(22)18-13-5-2-10-8-11(17)3-4-12(10)13/h3-4,8,13H,2,5-7,9H2,1H3,(H,18,22)(H,20,21). The van der Waals surface area contributed by atoms with E-state index in [1.54, 1.807) is 11.8 Å². The molecule has 1 heterocycles. The highest BCUT2D eigenvalue weighted by atomic mass is 35.5. The summed E-state index contributed by atoms with van der Waals surface area (Å²) in [6.07, 6.45) is 2.24. The average molecular weight is 323 g/mol. The summed E-state index contributed by atoms with van der Waals surface area (Å²) in [6.45, 7) is 2.43. The van der Waals surface area contributed by atoms with Crippen LogP contribution in [-0.2, 0) is 11.2 Å². The van der Waals surface area contributed by atoms with Gasteiger partial charge in [0.1, 0.15) is 0 Å². The topological polar surface area (TPSA) is 69.6 Å². The number of fused-ring (bicyclic) bond motifs is 1. The number of carboxylic acid groups (broad SMARTS) is 1. The molecule has 1 aromatic carbocycles. The van der Waals surface area contributed by atoms with Gasteiger partial charge in [-0.1, -0.05) is 17.7 Å². The van der Waals surface area contributed by atoms with Crippen molar-refractivity contribution < 1.29 is 14.7 Å². The number of carboxylic acids is 1. The number of halogens is 1. The summed E-state index contributed by atoms with van der Waals surface area (Å²) in [6, 6.07) is 5.54. The second-order valence-corrected chi connectivity index (χ2v) is 6.86. The largest absolute Gasteiger partial charge is 0.481 e. The van der Waals surface area contributed by atoms with E-state index in [0.29, 0.717) is 18.0 Å². The van der Waals surface area contributed by atoms with Crippen molar-refractivity contribution in [3.63, 3.8) is 0 Å². The molecule has 1 saturated heterocycles. The van der Waals surface area contributed by atoms with Gasteiger partial charge in [0.2, 0.25) is 0 Å². The van der Waals surface area contributed by atoms with Gasteiger partial charge in [-0.05, 0) is 49.4 Å². The molecule has 1 fully saturated rings. The summed E-state index contributed by atoms with van der Waals surface area (Å²) in [5.74, 6) is -0.844.